The fourth-order valence-electron chi connectivity index (χ4n) is 14.2. The molecule has 0 bridgehead atoms. The first-order valence-electron chi connectivity index (χ1n) is 34.7. The van der Waals surface area contributed by atoms with Gasteiger partial charge in [0.2, 0.25) is 0 Å². The maximum atomic E-state index is 14.3. The molecule has 24 nitrogen and oxygen atoms in total. The number of carbonyl (C=O) groups excluding carboxylic acids is 2. The normalized spacial score (nSPS) is 16.8. The molecule has 0 saturated carbocycles. The Bertz CT molecular complexity index is 3060. The van der Waals surface area contributed by atoms with Gasteiger partial charge in [-0.3, -0.25) is 19.4 Å². The van der Waals surface area contributed by atoms with E-state index in [1.807, 2.05) is 41.5 Å². The SMILES string of the molecule is CCN(C(=O)c1cc(F)ccc1Oc1nncnc1N1CCC2(C1)CN([C@H](CCCN(C)CC(C)(C)OC)C(C)C)C2)C(C)C.CCN(C(=O)c1cc(F)ccc1Oc1nncnc1N1CCC2(C1)CN([C@H](CCCN(C)CC(C)(C)OC)C(C)C)C2)C(C)C.O=C(O)/C=C/C(=O)O. The molecule has 6 heterocycles. The molecule has 0 unspecified atom stereocenters. The Morgan fingerprint density at radius 1 is 0.592 bits per heavy atom. The third-order valence-corrected chi connectivity index (χ3v) is 19.3. The van der Waals surface area contributed by atoms with Crippen LogP contribution in [-0.2, 0) is 19.1 Å². The van der Waals surface area contributed by atoms with Crippen LogP contribution in [0.25, 0.3) is 0 Å². The van der Waals surface area contributed by atoms with Gasteiger partial charge in [0.15, 0.2) is 11.6 Å². The molecule has 98 heavy (non-hydrogen) atoms. The number of hydrogen-bond acceptors (Lipinski definition) is 20. The number of benzene rings is 2. The van der Waals surface area contributed by atoms with Crippen LogP contribution in [0.3, 0.4) is 0 Å². The molecule has 8 rings (SSSR count). The van der Waals surface area contributed by atoms with Gasteiger partial charge in [0.05, 0.1) is 22.3 Å². The molecule has 26 heteroatoms. The number of likely N-dealkylation sites (tertiary alicyclic amines) is 2. The molecule has 4 aromatic rings. The second kappa shape index (κ2) is 35.8. The summed E-state index contributed by atoms with van der Waals surface area (Å²) in [7, 11) is 7.91. The van der Waals surface area contributed by atoms with Gasteiger partial charge in [-0.1, -0.05) is 27.7 Å². The van der Waals surface area contributed by atoms with Crippen molar-refractivity contribution in [2.75, 3.05) is 130 Å². The van der Waals surface area contributed by atoms with E-state index in [1.54, 1.807) is 24.0 Å². The van der Waals surface area contributed by atoms with Gasteiger partial charge in [0.1, 0.15) is 35.8 Å². The Morgan fingerprint density at radius 3 is 1.26 bits per heavy atom. The van der Waals surface area contributed by atoms with Crippen molar-refractivity contribution in [3.05, 3.63) is 84.0 Å². The second-order valence-corrected chi connectivity index (χ2v) is 29.5. The summed E-state index contributed by atoms with van der Waals surface area (Å²) in [5.41, 5.74) is 0.426. The minimum Gasteiger partial charge on any atom is -0.478 e. The Balaban J connectivity index is 0.000000278. The predicted molar refractivity (Wildman–Crippen MR) is 375 cm³/mol. The minimum absolute atomic E-state index is 0.0415. The summed E-state index contributed by atoms with van der Waals surface area (Å²) in [5, 5.41) is 32.1. The largest absolute Gasteiger partial charge is 0.478 e. The van der Waals surface area contributed by atoms with E-state index in [2.05, 4.69) is 129 Å². The highest BCUT2D eigenvalue weighted by Crippen LogP contribution is 2.47. The molecule has 2 N–H and O–H groups in total. The molecule has 4 aliphatic rings. The lowest BCUT2D eigenvalue weighted by Gasteiger charge is -2.53. The van der Waals surface area contributed by atoms with Crippen LogP contribution in [0, 0.1) is 34.3 Å². The first kappa shape index (κ1) is 79.9. The highest BCUT2D eigenvalue weighted by Gasteiger charge is 2.52. The molecule has 0 radical (unpaired) electrons. The van der Waals surface area contributed by atoms with E-state index in [4.69, 9.17) is 29.2 Å². The van der Waals surface area contributed by atoms with Crippen molar-refractivity contribution in [1.29, 1.82) is 0 Å². The molecule has 4 aliphatic heterocycles. The van der Waals surface area contributed by atoms with E-state index >= 15 is 0 Å². The number of ether oxygens (including phenoxy) is 4. The summed E-state index contributed by atoms with van der Waals surface area (Å²) in [4.78, 5) is 72.8. The van der Waals surface area contributed by atoms with Gasteiger partial charge < -0.3 is 58.6 Å². The zero-order valence-corrected chi connectivity index (χ0v) is 61.6. The molecule has 2 aromatic carbocycles. The molecule has 2 amide bonds. The van der Waals surface area contributed by atoms with E-state index in [0.717, 1.165) is 104 Å². The Morgan fingerprint density at radius 2 is 0.949 bits per heavy atom. The number of anilines is 2. The van der Waals surface area contributed by atoms with Crippen molar-refractivity contribution < 1.29 is 57.1 Å². The number of amides is 2. The number of aliphatic carboxylic acids is 2. The smallest absolute Gasteiger partial charge is 0.328 e. The molecule has 2 atom stereocenters. The van der Waals surface area contributed by atoms with Crippen LogP contribution in [0.5, 0.6) is 23.3 Å². The molecule has 2 aromatic heterocycles. The third-order valence-electron chi connectivity index (χ3n) is 19.3. The lowest BCUT2D eigenvalue weighted by molar-refractivity contribution is -0.134. The molecule has 4 fully saturated rings. The Labute approximate surface area is 580 Å². The van der Waals surface area contributed by atoms with Crippen LogP contribution < -0.4 is 19.3 Å². The average molecular weight is 1370 g/mol. The number of nitrogens with zero attached hydrogens (tertiary/aromatic N) is 14. The van der Waals surface area contributed by atoms with E-state index in [0.29, 0.717) is 60.8 Å². The van der Waals surface area contributed by atoms with Crippen LogP contribution in [0.2, 0.25) is 0 Å². The number of methoxy groups -OCH3 is 2. The molecule has 0 aliphatic carbocycles. The molecule has 2 spiro atoms. The first-order chi connectivity index (χ1) is 46.2. The second-order valence-electron chi connectivity index (χ2n) is 29.5. The monoisotopic (exact) mass is 1370 g/mol. The highest BCUT2D eigenvalue weighted by atomic mass is 19.1. The van der Waals surface area contributed by atoms with Gasteiger partial charge >= 0.3 is 11.9 Å². The zero-order chi connectivity index (χ0) is 72.5. The maximum Gasteiger partial charge on any atom is 0.328 e. The summed E-state index contributed by atoms with van der Waals surface area (Å²) < 4.78 is 52.2. The molecular weight excluding hydrogens is 1260 g/mol. The quantitative estimate of drug-likeness (QED) is 0.0431. The fraction of sp³-hybridized carbons (Fsp3) is 0.667. The fourth-order valence-corrected chi connectivity index (χ4v) is 14.2. The third kappa shape index (κ3) is 22.2. The van der Waals surface area contributed by atoms with Crippen molar-refractivity contribution in [3.63, 3.8) is 0 Å². The van der Waals surface area contributed by atoms with Crippen LogP contribution in [0.4, 0.5) is 20.4 Å². The number of likely N-dealkylation sites (N-methyl/N-ethyl adjacent to an activating group) is 2. The maximum absolute atomic E-state index is 14.3. The molecule has 4 saturated heterocycles. The van der Waals surface area contributed by atoms with Gasteiger partial charge in [0, 0.05) is 140 Å². The van der Waals surface area contributed by atoms with Crippen molar-refractivity contribution in [1.82, 2.24) is 59.8 Å². The van der Waals surface area contributed by atoms with E-state index in [-0.39, 0.29) is 80.3 Å². The summed E-state index contributed by atoms with van der Waals surface area (Å²) in [6.45, 7) is 42.0. The summed E-state index contributed by atoms with van der Waals surface area (Å²) in [6, 6.07) is 9.01. The van der Waals surface area contributed by atoms with Crippen molar-refractivity contribution in [2.45, 2.75) is 171 Å². The summed E-state index contributed by atoms with van der Waals surface area (Å²) in [6.07, 6.45) is 10.8. The van der Waals surface area contributed by atoms with Crippen molar-refractivity contribution in [2.24, 2.45) is 22.7 Å². The lowest BCUT2D eigenvalue weighted by atomic mass is 9.76. The van der Waals surface area contributed by atoms with Gasteiger partial charge in [-0.15, -0.1) is 20.4 Å². The summed E-state index contributed by atoms with van der Waals surface area (Å²) in [5.74, 6) is -0.810. The number of rotatable bonds is 32. The molecule has 544 valence electrons. The van der Waals surface area contributed by atoms with E-state index in [1.165, 1.54) is 61.9 Å². The number of hydrogen-bond donors (Lipinski definition) is 2. The van der Waals surface area contributed by atoms with Crippen molar-refractivity contribution in [3.8, 4) is 23.3 Å². The molecular formula is C72H112F2N14O10. The highest BCUT2D eigenvalue weighted by molar-refractivity contribution is 5.98. The van der Waals surface area contributed by atoms with Gasteiger partial charge in [-0.2, -0.15) is 0 Å². The van der Waals surface area contributed by atoms with Crippen LogP contribution in [0.1, 0.15) is 156 Å². The number of carboxylic acids is 2. The van der Waals surface area contributed by atoms with Crippen molar-refractivity contribution >= 4 is 35.4 Å². The number of aromatic nitrogens is 6. The number of carbonyl (C=O) groups is 4. The van der Waals surface area contributed by atoms with E-state index < -0.39 is 23.6 Å². The van der Waals surface area contributed by atoms with Crippen LogP contribution >= 0.6 is 0 Å². The topological polar surface area (TPSA) is 249 Å². The van der Waals surface area contributed by atoms with Gasteiger partial charge in [-0.05, 0) is 183 Å². The van der Waals surface area contributed by atoms with Gasteiger partial charge in [0.25, 0.3) is 23.6 Å². The average Bonchev–Trinajstić information content (AvgIpc) is 1.56. The minimum atomic E-state index is -1.26. The van der Waals surface area contributed by atoms with E-state index in [9.17, 15) is 28.0 Å². The Hall–Kier alpha value is -7.10. The predicted octanol–water partition coefficient (Wildman–Crippen LogP) is 10.4. The standard InChI is InChI=1S/2C34H54FN7O3.C4H4O4/c2*1-10-42(25(4)5)32(43)27-18-26(35)13-14-29(27)45-31-30(36-23-37-38-31)40-17-15-34(20-40)21-41(22-34)28(24(2)3)12-11-16-39(8)19-33(6,7)44-9;5-3(6)1-2-4(7)8/h2*13-14,18,23-25,28H,10-12,15-17,19-22H2,1-9H3;1-2H,(H,5,6)(H,7,8)/b;;2-1+/t2*28-;/m11./s1. The Kier molecular flexibility index (Phi) is 29.2. The van der Waals surface area contributed by atoms with Crippen LogP contribution in [-0.4, -0.2) is 249 Å². The van der Waals surface area contributed by atoms with Gasteiger partial charge in [-0.25, -0.2) is 28.3 Å². The summed E-state index contributed by atoms with van der Waals surface area (Å²) >= 11 is 0. The zero-order valence-electron chi connectivity index (χ0n) is 61.6. The number of carboxylic acid groups (broad SMARTS) is 2. The first-order valence-corrected chi connectivity index (χ1v) is 34.7. The van der Waals surface area contributed by atoms with Crippen LogP contribution in [0.15, 0.2) is 61.2 Å². The number of halogens is 2. The lowest BCUT2D eigenvalue weighted by Crippen LogP contribution is -2.62.